The smallest absolute Gasteiger partial charge is 0.268 e. The van der Waals surface area contributed by atoms with Crippen LogP contribution < -0.4 is 5.32 Å². The number of imide groups is 1. The van der Waals surface area contributed by atoms with Gasteiger partial charge in [0.1, 0.15) is 0 Å². The lowest BCUT2D eigenvalue weighted by Crippen LogP contribution is -2.34. The summed E-state index contributed by atoms with van der Waals surface area (Å²) in [6, 6.07) is 8.59. The maximum atomic E-state index is 12.3. The predicted molar refractivity (Wildman–Crippen MR) is 101 cm³/mol. The van der Waals surface area contributed by atoms with Gasteiger partial charge in [-0.05, 0) is 36.1 Å². The maximum Gasteiger partial charge on any atom is 0.268 e. The van der Waals surface area contributed by atoms with Crippen LogP contribution in [0.1, 0.15) is 38.5 Å². The highest BCUT2D eigenvalue weighted by atomic mass is 32.1. The van der Waals surface area contributed by atoms with Gasteiger partial charge in [-0.25, -0.2) is 0 Å². The van der Waals surface area contributed by atoms with E-state index >= 15 is 0 Å². The number of hydrogen-bond acceptors (Lipinski definition) is 7. The van der Waals surface area contributed by atoms with Crippen molar-refractivity contribution in [3.8, 4) is 10.8 Å². The average molecular weight is 396 g/mol. The lowest BCUT2D eigenvalue weighted by Gasteiger charge is -2.13. The first-order chi connectivity index (χ1) is 13.5. The van der Waals surface area contributed by atoms with Crippen LogP contribution in [0, 0.1) is 6.92 Å². The van der Waals surface area contributed by atoms with Crippen molar-refractivity contribution >= 4 is 29.1 Å². The molecule has 0 radical (unpaired) electrons. The third-order valence-electron chi connectivity index (χ3n) is 4.41. The van der Waals surface area contributed by atoms with E-state index in [1.165, 1.54) is 11.3 Å². The Kier molecular flexibility index (Phi) is 4.74. The van der Waals surface area contributed by atoms with E-state index in [0.29, 0.717) is 22.8 Å². The Morgan fingerprint density at radius 2 is 1.89 bits per heavy atom. The Morgan fingerprint density at radius 1 is 1.18 bits per heavy atom. The number of hydrogen-bond donors (Lipinski definition) is 1. The molecule has 0 spiro atoms. The first kappa shape index (κ1) is 18.1. The summed E-state index contributed by atoms with van der Waals surface area (Å²) in [5, 5.41) is 8.48. The first-order valence-corrected chi connectivity index (χ1v) is 9.51. The molecule has 1 aliphatic heterocycles. The van der Waals surface area contributed by atoms with Gasteiger partial charge in [0.05, 0.1) is 22.5 Å². The Morgan fingerprint density at radius 3 is 2.54 bits per heavy atom. The van der Waals surface area contributed by atoms with E-state index in [4.69, 9.17) is 4.52 Å². The van der Waals surface area contributed by atoms with Gasteiger partial charge in [0.15, 0.2) is 5.82 Å². The lowest BCUT2D eigenvalue weighted by atomic mass is 10.1. The summed E-state index contributed by atoms with van der Waals surface area (Å²) in [6.45, 7) is 2.08. The molecule has 28 heavy (non-hydrogen) atoms. The molecule has 0 fully saturated rings. The second-order valence-electron chi connectivity index (χ2n) is 6.28. The van der Waals surface area contributed by atoms with E-state index in [2.05, 4.69) is 15.5 Å². The van der Waals surface area contributed by atoms with E-state index in [1.807, 2.05) is 18.4 Å². The fraction of sp³-hybridized carbons (Fsp3) is 0.211. The summed E-state index contributed by atoms with van der Waals surface area (Å²) < 4.78 is 5.23. The van der Waals surface area contributed by atoms with Crippen LogP contribution in [0.5, 0.6) is 0 Å². The highest BCUT2D eigenvalue weighted by molar-refractivity contribution is 7.13. The zero-order valence-electron chi connectivity index (χ0n) is 15.0. The standard InChI is InChI=1S/C19H16N4O4S/c1-11-7-9-28-16(11)17-21-14(22-27-17)10-20-15(24)6-8-23-18(25)12-4-2-3-5-13(12)19(23)26/h2-5,7,9H,6,8,10H2,1H3,(H,20,24). The molecule has 1 aromatic carbocycles. The lowest BCUT2D eigenvalue weighted by molar-refractivity contribution is -0.121. The molecule has 9 heteroatoms. The van der Waals surface area contributed by atoms with Gasteiger partial charge in [-0.15, -0.1) is 11.3 Å². The molecule has 0 saturated heterocycles. The minimum atomic E-state index is -0.373. The average Bonchev–Trinajstić information content (AvgIpc) is 3.39. The molecular formula is C19H16N4O4S. The van der Waals surface area contributed by atoms with Crippen LogP contribution in [0.15, 0.2) is 40.2 Å². The molecule has 0 saturated carbocycles. The number of thiophene rings is 1. The summed E-state index contributed by atoms with van der Waals surface area (Å²) in [5.41, 5.74) is 1.79. The number of aryl methyl sites for hydroxylation is 1. The molecule has 3 amide bonds. The fourth-order valence-electron chi connectivity index (χ4n) is 2.93. The quantitative estimate of drug-likeness (QED) is 0.642. The predicted octanol–water partition coefficient (Wildman–Crippen LogP) is 2.41. The molecule has 0 atom stereocenters. The number of fused-ring (bicyclic) bond motifs is 1. The number of nitrogens with one attached hydrogen (secondary N) is 1. The molecule has 8 nitrogen and oxygen atoms in total. The molecule has 1 N–H and O–H groups in total. The van der Waals surface area contributed by atoms with Crippen LogP contribution in [-0.4, -0.2) is 39.3 Å². The van der Waals surface area contributed by atoms with Gasteiger partial charge < -0.3 is 9.84 Å². The van der Waals surface area contributed by atoms with Crippen molar-refractivity contribution in [2.45, 2.75) is 19.9 Å². The summed E-state index contributed by atoms with van der Waals surface area (Å²) in [4.78, 5) is 42.9. The van der Waals surface area contributed by atoms with Crippen molar-refractivity contribution in [3.63, 3.8) is 0 Å². The number of nitrogens with zero attached hydrogens (tertiary/aromatic N) is 3. The summed E-state index contributed by atoms with van der Waals surface area (Å²) in [7, 11) is 0. The Labute approximate surface area is 164 Å². The molecule has 3 aromatic rings. The maximum absolute atomic E-state index is 12.3. The normalized spacial score (nSPS) is 13.1. The monoisotopic (exact) mass is 396 g/mol. The minimum Gasteiger partial charge on any atom is -0.349 e. The molecule has 0 aliphatic carbocycles. The Balaban J connectivity index is 1.30. The summed E-state index contributed by atoms with van der Waals surface area (Å²) in [5.74, 6) is -0.278. The number of benzene rings is 1. The van der Waals surface area contributed by atoms with Gasteiger partial charge in [0.25, 0.3) is 17.7 Å². The van der Waals surface area contributed by atoms with Crippen LogP contribution in [-0.2, 0) is 11.3 Å². The van der Waals surface area contributed by atoms with E-state index in [-0.39, 0.29) is 37.2 Å². The number of carbonyl (C=O) groups is 3. The molecule has 3 heterocycles. The van der Waals surface area contributed by atoms with Crippen LogP contribution in [0.4, 0.5) is 0 Å². The molecule has 4 rings (SSSR count). The summed E-state index contributed by atoms with van der Waals surface area (Å²) >= 11 is 1.50. The number of rotatable bonds is 6. The topological polar surface area (TPSA) is 105 Å². The van der Waals surface area contributed by atoms with E-state index < -0.39 is 0 Å². The van der Waals surface area contributed by atoms with Crippen molar-refractivity contribution in [3.05, 3.63) is 58.2 Å². The van der Waals surface area contributed by atoms with Crippen molar-refractivity contribution in [1.29, 1.82) is 0 Å². The second-order valence-corrected chi connectivity index (χ2v) is 7.20. The van der Waals surface area contributed by atoms with Gasteiger partial charge in [-0.1, -0.05) is 17.3 Å². The molecule has 1 aliphatic rings. The van der Waals surface area contributed by atoms with Crippen LogP contribution in [0.3, 0.4) is 0 Å². The van der Waals surface area contributed by atoms with Crippen molar-refractivity contribution < 1.29 is 18.9 Å². The largest absolute Gasteiger partial charge is 0.349 e. The van der Waals surface area contributed by atoms with Crippen molar-refractivity contribution in [1.82, 2.24) is 20.4 Å². The third-order valence-corrected chi connectivity index (χ3v) is 5.41. The molecular weight excluding hydrogens is 380 g/mol. The SMILES string of the molecule is Cc1ccsc1-c1nc(CNC(=O)CCN2C(=O)c3ccccc3C2=O)no1. The second kappa shape index (κ2) is 7.35. The van der Waals surface area contributed by atoms with Crippen molar-refractivity contribution in [2.24, 2.45) is 0 Å². The van der Waals surface area contributed by atoms with Crippen LogP contribution in [0.25, 0.3) is 10.8 Å². The molecule has 2 aromatic heterocycles. The highest BCUT2D eigenvalue weighted by Crippen LogP contribution is 2.27. The number of carbonyl (C=O) groups excluding carboxylic acids is 3. The van der Waals surface area contributed by atoms with E-state index in [0.717, 1.165) is 15.3 Å². The molecule has 0 bridgehead atoms. The minimum absolute atomic E-state index is 0.000208. The van der Waals surface area contributed by atoms with Gasteiger partial charge >= 0.3 is 0 Å². The van der Waals surface area contributed by atoms with Crippen LogP contribution >= 0.6 is 11.3 Å². The van der Waals surface area contributed by atoms with E-state index in [9.17, 15) is 14.4 Å². The molecule has 142 valence electrons. The van der Waals surface area contributed by atoms with E-state index in [1.54, 1.807) is 24.3 Å². The Bertz CT molecular complexity index is 1040. The van der Waals surface area contributed by atoms with Gasteiger partial charge in [0.2, 0.25) is 5.91 Å². The van der Waals surface area contributed by atoms with Gasteiger partial charge in [-0.2, -0.15) is 4.98 Å². The van der Waals surface area contributed by atoms with Gasteiger partial charge in [-0.3, -0.25) is 19.3 Å². The fourth-order valence-corrected chi connectivity index (χ4v) is 3.78. The molecule has 0 unspecified atom stereocenters. The van der Waals surface area contributed by atoms with Crippen LogP contribution in [0.2, 0.25) is 0 Å². The zero-order chi connectivity index (χ0) is 19.7. The number of amides is 3. The van der Waals surface area contributed by atoms with Gasteiger partial charge in [0, 0.05) is 13.0 Å². The zero-order valence-corrected chi connectivity index (χ0v) is 15.8. The Hall–Kier alpha value is -3.33. The third kappa shape index (κ3) is 3.31. The summed E-state index contributed by atoms with van der Waals surface area (Å²) in [6.07, 6.45) is 0.000208. The highest BCUT2D eigenvalue weighted by Gasteiger charge is 2.34. The van der Waals surface area contributed by atoms with Crippen molar-refractivity contribution in [2.75, 3.05) is 6.54 Å². The first-order valence-electron chi connectivity index (χ1n) is 8.63. The number of aromatic nitrogens is 2.